The van der Waals surface area contributed by atoms with Gasteiger partial charge in [0.25, 0.3) is 0 Å². The summed E-state index contributed by atoms with van der Waals surface area (Å²) in [6.07, 6.45) is 5.81. The highest BCUT2D eigenvalue weighted by molar-refractivity contribution is 5.85. The topological polar surface area (TPSA) is 85.3 Å². The minimum absolute atomic E-state index is 0. The maximum absolute atomic E-state index is 12.6. The van der Waals surface area contributed by atoms with Crippen LogP contribution in [0, 0.1) is 5.92 Å². The van der Waals surface area contributed by atoms with Crippen LogP contribution in [0.5, 0.6) is 0 Å². The summed E-state index contributed by atoms with van der Waals surface area (Å²) in [5, 5.41) is 11.4. The molecule has 0 aromatic carbocycles. The largest absolute Gasteiger partial charge is 0.346 e. The van der Waals surface area contributed by atoms with Crippen LogP contribution < -0.4 is 11.1 Å². The number of hydrogen-bond donors (Lipinski definition) is 2. The lowest BCUT2D eigenvalue weighted by molar-refractivity contribution is -0.128. The van der Waals surface area contributed by atoms with Crippen LogP contribution in [0.15, 0.2) is 24.4 Å². The number of halogens is 2. The van der Waals surface area contributed by atoms with Gasteiger partial charge in [0.15, 0.2) is 11.5 Å². The Hall–Kier alpha value is -1.37. The molecule has 1 saturated carbocycles. The SMILES string of the molecule is CC(NC(=O)C1CCCCC1(C)N)c1nnc2ccccn12.Cl.Cl. The number of amides is 1. The maximum atomic E-state index is 12.6. The van der Waals surface area contributed by atoms with Gasteiger partial charge in [0.05, 0.1) is 12.0 Å². The van der Waals surface area contributed by atoms with Crippen LogP contribution in [0.1, 0.15) is 51.4 Å². The predicted molar refractivity (Wildman–Crippen MR) is 98.6 cm³/mol. The first-order valence-corrected chi connectivity index (χ1v) is 7.88. The molecule has 3 unspecified atom stereocenters. The Labute approximate surface area is 154 Å². The molecule has 3 N–H and O–H groups in total. The lowest BCUT2D eigenvalue weighted by Crippen LogP contribution is -2.53. The lowest BCUT2D eigenvalue weighted by atomic mass is 9.74. The van der Waals surface area contributed by atoms with Crippen molar-refractivity contribution in [3.8, 4) is 0 Å². The third kappa shape index (κ3) is 3.99. The third-order valence-electron chi connectivity index (χ3n) is 4.66. The molecule has 0 aliphatic heterocycles. The molecule has 3 rings (SSSR count). The Morgan fingerprint density at radius 2 is 2.12 bits per heavy atom. The summed E-state index contributed by atoms with van der Waals surface area (Å²) in [6.45, 7) is 3.91. The second-order valence-corrected chi connectivity index (χ2v) is 6.52. The first-order valence-electron chi connectivity index (χ1n) is 7.88. The highest BCUT2D eigenvalue weighted by atomic mass is 35.5. The number of carbonyl (C=O) groups excluding carboxylic acids is 1. The van der Waals surface area contributed by atoms with E-state index in [-0.39, 0.29) is 42.7 Å². The summed E-state index contributed by atoms with van der Waals surface area (Å²) in [5.41, 5.74) is 6.67. The van der Waals surface area contributed by atoms with Gasteiger partial charge in [-0.05, 0) is 38.8 Å². The molecule has 6 nitrogen and oxygen atoms in total. The molecule has 8 heteroatoms. The second kappa shape index (κ2) is 8.14. The van der Waals surface area contributed by atoms with E-state index in [0.29, 0.717) is 0 Å². The maximum Gasteiger partial charge on any atom is 0.225 e. The fraction of sp³-hybridized carbons (Fsp3) is 0.562. The van der Waals surface area contributed by atoms with Crippen LogP contribution in [-0.2, 0) is 4.79 Å². The number of aromatic nitrogens is 3. The van der Waals surface area contributed by atoms with E-state index in [1.54, 1.807) is 0 Å². The molecule has 2 aromatic rings. The standard InChI is InChI=1S/C16H23N5O.2ClH/c1-11(14-20-19-13-8-4-6-10-21(13)14)18-15(22)12-7-3-5-9-16(12,2)17;;/h4,6,8,10-12H,3,5,7,9,17H2,1-2H3,(H,18,22);2*1H. The normalized spacial score (nSPS) is 24.5. The zero-order valence-corrected chi connectivity index (χ0v) is 15.6. The minimum atomic E-state index is -0.422. The van der Waals surface area contributed by atoms with Gasteiger partial charge in [-0.1, -0.05) is 18.9 Å². The summed E-state index contributed by atoms with van der Waals surface area (Å²) in [5.74, 6) is 0.617. The van der Waals surface area contributed by atoms with E-state index in [1.165, 1.54) is 0 Å². The number of nitrogens with one attached hydrogen (secondary N) is 1. The molecule has 1 fully saturated rings. The summed E-state index contributed by atoms with van der Waals surface area (Å²) in [7, 11) is 0. The van der Waals surface area contributed by atoms with Crippen LogP contribution in [0.2, 0.25) is 0 Å². The quantitative estimate of drug-likeness (QED) is 0.865. The monoisotopic (exact) mass is 373 g/mol. The van der Waals surface area contributed by atoms with Gasteiger partial charge in [0.1, 0.15) is 0 Å². The number of pyridine rings is 1. The van der Waals surface area contributed by atoms with Gasteiger partial charge in [-0.2, -0.15) is 0 Å². The average Bonchev–Trinajstić information content (AvgIpc) is 2.90. The first-order chi connectivity index (χ1) is 10.5. The van der Waals surface area contributed by atoms with E-state index in [1.807, 2.05) is 42.6 Å². The van der Waals surface area contributed by atoms with E-state index in [4.69, 9.17) is 5.73 Å². The van der Waals surface area contributed by atoms with Crippen LogP contribution in [0.3, 0.4) is 0 Å². The molecular weight excluding hydrogens is 349 g/mol. The number of carbonyl (C=O) groups is 1. The van der Waals surface area contributed by atoms with Gasteiger partial charge in [-0.25, -0.2) is 0 Å². The van der Waals surface area contributed by atoms with Crippen molar-refractivity contribution >= 4 is 36.4 Å². The highest BCUT2D eigenvalue weighted by Gasteiger charge is 2.38. The van der Waals surface area contributed by atoms with Crippen molar-refractivity contribution in [3.63, 3.8) is 0 Å². The van der Waals surface area contributed by atoms with Crippen molar-refractivity contribution in [2.75, 3.05) is 0 Å². The van der Waals surface area contributed by atoms with Gasteiger partial charge in [-0.15, -0.1) is 35.0 Å². The Bertz CT molecular complexity index is 688. The third-order valence-corrected chi connectivity index (χ3v) is 4.66. The molecule has 134 valence electrons. The molecule has 1 amide bonds. The van der Waals surface area contributed by atoms with E-state index >= 15 is 0 Å². The lowest BCUT2D eigenvalue weighted by Gasteiger charge is -2.37. The van der Waals surface area contributed by atoms with Gasteiger partial charge >= 0.3 is 0 Å². The molecule has 3 atom stereocenters. The second-order valence-electron chi connectivity index (χ2n) is 6.52. The number of fused-ring (bicyclic) bond motifs is 1. The molecule has 0 bridgehead atoms. The van der Waals surface area contributed by atoms with Gasteiger partial charge in [-0.3, -0.25) is 9.20 Å². The summed E-state index contributed by atoms with van der Waals surface area (Å²) in [4.78, 5) is 12.6. The van der Waals surface area contributed by atoms with Crippen molar-refractivity contribution < 1.29 is 4.79 Å². The molecule has 24 heavy (non-hydrogen) atoms. The zero-order chi connectivity index (χ0) is 15.7. The van der Waals surface area contributed by atoms with Crippen LogP contribution in [0.25, 0.3) is 5.65 Å². The van der Waals surface area contributed by atoms with Crippen molar-refractivity contribution in [2.45, 2.75) is 51.1 Å². The van der Waals surface area contributed by atoms with Gasteiger partial charge in [0, 0.05) is 11.7 Å². The molecule has 2 aromatic heterocycles. The number of rotatable bonds is 3. The fourth-order valence-corrected chi connectivity index (χ4v) is 3.32. The Kier molecular flexibility index (Phi) is 7.01. The van der Waals surface area contributed by atoms with Crippen molar-refractivity contribution in [2.24, 2.45) is 11.7 Å². The first kappa shape index (κ1) is 20.7. The molecule has 2 heterocycles. The highest BCUT2D eigenvalue weighted by Crippen LogP contribution is 2.32. The summed E-state index contributed by atoms with van der Waals surface area (Å²) >= 11 is 0. The van der Waals surface area contributed by atoms with Crippen LogP contribution >= 0.6 is 24.8 Å². The molecule has 1 aliphatic carbocycles. The van der Waals surface area contributed by atoms with E-state index in [9.17, 15) is 4.79 Å². The van der Waals surface area contributed by atoms with E-state index in [2.05, 4.69) is 15.5 Å². The smallest absolute Gasteiger partial charge is 0.225 e. The van der Waals surface area contributed by atoms with Gasteiger partial charge in [0.2, 0.25) is 5.91 Å². The molecule has 0 saturated heterocycles. The molecule has 1 aliphatic rings. The molecule has 0 radical (unpaired) electrons. The fourth-order valence-electron chi connectivity index (χ4n) is 3.32. The predicted octanol–water partition coefficient (Wildman–Crippen LogP) is 2.66. The zero-order valence-electron chi connectivity index (χ0n) is 13.9. The van der Waals surface area contributed by atoms with Crippen LogP contribution in [-0.4, -0.2) is 26.0 Å². The Morgan fingerprint density at radius 3 is 2.83 bits per heavy atom. The number of hydrogen-bond acceptors (Lipinski definition) is 4. The van der Waals surface area contributed by atoms with Crippen molar-refractivity contribution in [1.29, 1.82) is 0 Å². The van der Waals surface area contributed by atoms with E-state index < -0.39 is 5.54 Å². The molecular formula is C16H25Cl2N5O. The van der Waals surface area contributed by atoms with Crippen molar-refractivity contribution in [1.82, 2.24) is 19.9 Å². The molecule has 0 spiro atoms. The van der Waals surface area contributed by atoms with Crippen LogP contribution in [0.4, 0.5) is 0 Å². The van der Waals surface area contributed by atoms with Crippen molar-refractivity contribution in [3.05, 3.63) is 30.2 Å². The Morgan fingerprint density at radius 1 is 1.38 bits per heavy atom. The summed E-state index contributed by atoms with van der Waals surface area (Å²) in [6, 6.07) is 5.52. The van der Waals surface area contributed by atoms with Gasteiger partial charge < -0.3 is 11.1 Å². The number of nitrogens with zero attached hydrogens (tertiary/aromatic N) is 3. The summed E-state index contributed by atoms with van der Waals surface area (Å²) < 4.78 is 1.90. The Balaban J connectivity index is 0.00000144. The minimum Gasteiger partial charge on any atom is -0.346 e. The average molecular weight is 374 g/mol. The van der Waals surface area contributed by atoms with E-state index in [0.717, 1.165) is 37.2 Å². The number of nitrogens with two attached hydrogens (primary N) is 1.